The van der Waals surface area contributed by atoms with Crippen molar-refractivity contribution in [1.29, 1.82) is 0 Å². The molecule has 0 radical (unpaired) electrons. The minimum Gasteiger partial charge on any atom is -0.480 e. The molecule has 0 aliphatic heterocycles. The van der Waals surface area contributed by atoms with Gasteiger partial charge in [-0.2, -0.15) is 5.21 Å². The molecule has 4 rings (SSSR count). The number of aliphatic carboxylic acids is 1. The van der Waals surface area contributed by atoms with Gasteiger partial charge in [-0.15, -0.1) is 22.6 Å². The highest BCUT2D eigenvalue weighted by atomic mass is 35.5. The zero-order chi connectivity index (χ0) is 29.4. The van der Waals surface area contributed by atoms with Gasteiger partial charge in [0.25, 0.3) is 0 Å². The molecule has 6 N–H and O–H groups in total. The van der Waals surface area contributed by atoms with Gasteiger partial charge >= 0.3 is 11.9 Å². The van der Waals surface area contributed by atoms with E-state index in [9.17, 15) is 19.5 Å². The van der Waals surface area contributed by atoms with E-state index < -0.39 is 18.5 Å². The van der Waals surface area contributed by atoms with Crippen molar-refractivity contribution in [2.24, 2.45) is 16.5 Å². The maximum Gasteiger partial charge on any atom is 0.343 e. The SMILES string of the molecule is Cl.NC(N)=Nc1ccc(C(=O)Oc2ccc(CCC(=O)N(CC(=O)O)Cc3cccc(-c4nn[nH]n4)c3)c(Cl)c2)cc1. The molecule has 42 heavy (non-hydrogen) atoms. The summed E-state index contributed by atoms with van der Waals surface area (Å²) in [6, 6.07) is 18.0. The first-order chi connectivity index (χ1) is 19.7. The maximum absolute atomic E-state index is 13.0. The number of carbonyl (C=O) groups is 3. The molecular weight excluding hydrogens is 587 g/mol. The molecule has 13 nitrogen and oxygen atoms in total. The average Bonchev–Trinajstić information content (AvgIpc) is 3.47. The summed E-state index contributed by atoms with van der Waals surface area (Å²) in [6.07, 6.45) is 0.260. The summed E-state index contributed by atoms with van der Waals surface area (Å²) >= 11 is 6.40. The first kappa shape index (κ1) is 31.5. The third-order valence-electron chi connectivity index (χ3n) is 5.79. The summed E-state index contributed by atoms with van der Waals surface area (Å²) in [5.41, 5.74) is 13.5. The van der Waals surface area contributed by atoms with Gasteiger partial charge < -0.3 is 26.2 Å². The second-order valence-electron chi connectivity index (χ2n) is 8.81. The summed E-state index contributed by atoms with van der Waals surface area (Å²) in [7, 11) is 0. The van der Waals surface area contributed by atoms with E-state index in [4.69, 9.17) is 27.8 Å². The lowest BCUT2D eigenvalue weighted by atomic mass is 10.1. The van der Waals surface area contributed by atoms with Crippen LogP contribution < -0.4 is 16.2 Å². The van der Waals surface area contributed by atoms with Crippen molar-refractivity contribution in [2.45, 2.75) is 19.4 Å². The number of esters is 1. The number of nitrogens with two attached hydrogens (primary N) is 2. The summed E-state index contributed by atoms with van der Waals surface area (Å²) in [5, 5.41) is 23.5. The Morgan fingerprint density at radius 3 is 2.45 bits per heavy atom. The van der Waals surface area contributed by atoms with E-state index in [1.165, 1.54) is 23.1 Å². The number of amides is 1. The molecule has 0 aliphatic carbocycles. The van der Waals surface area contributed by atoms with Crippen molar-refractivity contribution < 1.29 is 24.2 Å². The van der Waals surface area contributed by atoms with Gasteiger partial charge in [0.05, 0.1) is 11.3 Å². The van der Waals surface area contributed by atoms with Crippen LogP contribution in [0.2, 0.25) is 5.02 Å². The molecule has 1 amide bonds. The fraction of sp³-hybridized carbons (Fsp3) is 0.148. The van der Waals surface area contributed by atoms with E-state index >= 15 is 0 Å². The zero-order valence-electron chi connectivity index (χ0n) is 21.9. The Morgan fingerprint density at radius 1 is 1.05 bits per heavy atom. The highest BCUT2D eigenvalue weighted by Crippen LogP contribution is 2.25. The van der Waals surface area contributed by atoms with Gasteiger partial charge in [0, 0.05) is 23.6 Å². The third-order valence-corrected chi connectivity index (χ3v) is 6.14. The standard InChI is InChI=1S/C27H25ClN8O5.ClH/c28-22-13-21(41-26(40)18-4-8-20(9-5-18)31-27(29)30)10-6-17(22)7-11-23(37)36(15-24(38)39)14-16-2-1-3-19(12-16)25-32-34-35-33-25;/h1-6,8-10,12-13H,7,11,14-15H2,(H,38,39)(H4,29,30,31)(H,32,33,34,35);1H. The van der Waals surface area contributed by atoms with Gasteiger partial charge in [-0.05, 0) is 65.2 Å². The van der Waals surface area contributed by atoms with Crippen LogP contribution in [0.4, 0.5) is 5.69 Å². The molecule has 4 aromatic rings. The number of nitrogens with one attached hydrogen (secondary N) is 1. The van der Waals surface area contributed by atoms with Crippen LogP contribution in [0.25, 0.3) is 11.4 Å². The van der Waals surface area contributed by atoms with E-state index in [2.05, 4.69) is 25.6 Å². The molecule has 0 spiro atoms. The fourth-order valence-corrected chi connectivity index (χ4v) is 4.15. The molecule has 0 saturated carbocycles. The predicted octanol–water partition coefficient (Wildman–Crippen LogP) is 3.11. The number of aryl methyl sites for hydroxylation is 1. The molecule has 15 heteroatoms. The van der Waals surface area contributed by atoms with Crippen molar-refractivity contribution >= 4 is 53.5 Å². The van der Waals surface area contributed by atoms with Gasteiger partial charge in [-0.25, -0.2) is 9.79 Å². The molecule has 1 heterocycles. The minimum absolute atomic E-state index is 0. The number of nitrogens with zero attached hydrogens (tertiary/aromatic N) is 5. The van der Waals surface area contributed by atoms with Crippen molar-refractivity contribution in [3.63, 3.8) is 0 Å². The number of carboxylic acid groups (broad SMARTS) is 1. The summed E-state index contributed by atoms with van der Waals surface area (Å²) in [4.78, 5) is 42.1. The van der Waals surface area contributed by atoms with Crippen LogP contribution in [0.3, 0.4) is 0 Å². The third kappa shape index (κ3) is 8.74. The Labute approximate surface area is 250 Å². The number of rotatable bonds is 11. The second kappa shape index (κ2) is 14.6. The Morgan fingerprint density at radius 2 is 1.81 bits per heavy atom. The number of carboxylic acids is 1. The Hall–Kier alpha value is -5.01. The number of aliphatic imine (C=N–C) groups is 1. The molecule has 0 aliphatic rings. The summed E-state index contributed by atoms with van der Waals surface area (Å²) in [5.74, 6) is -1.60. The van der Waals surface area contributed by atoms with E-state index in [0.717, 1.165) is 0 Å². The molecule has 218 valence electrons. The van der Waals surface area contributed by atoms with Crippen LogP contribution in [-0.4, -0.2) is 61.0 Å². The molecule has 0 atom stereocenters. The lowest BCUT2D eigenvalue weighted by Crippen LogP contribution is -2.35. The summed E-state index contributed by atoms with van der Waals surface area (Å²) < 4.78 is 5.40. The number of halogens is 2. The van der Waals surface area contributed by atoms with Crippen LogP contribution in [0.5, 0.6) is 5.75 Å². The van der Waals surface area contributed by atoms with Gasteiger partial charge in [0.2, 0.25) is 11.7 Å². The van der Waals surface area contributed by atoms with Crippen LogP contribution in [0.1, 0.15) is 27.9 Å². The molecule has 0 saturated heterocycles. The minimum atomic E-state index is -1.14. The van der Waals surface area contributed by atoms with Crippen LogP contribution in [-0.2, 0) is 22.6 Å². The Bertz CT molecular complexity index is 1580. The maximum atomic E-state index is 13.0. The normalized spacial score (nSPS) is 10.3. The number of hydrogen-bond acceptors (Lipinski definition) is 8. The number of guanidine groups is 1. The van der Waals surface area contributed by atoms with Crippen LogP contribution in [0.15, 0.2) is 71.7 Å². The molecule has 3 aromatic carbocycles. The fourth-order valence-electron chi connectivity index (χ4n) is 3.89. The van der Waals surface area contributed by atoms with Crippen molar-refractivity contribution in [2.75, 3.05) is 6.54 Å². The Balaban J connectivity index is 0.00000484. The predicted molar refractivity (Wildman–Crippen MR) is 157 cm³/mol. The van der Waals surface area contributed by atoms with Crippen molar-refractivity contribution in [3.05, 3.63) is 88.4 Å². The number of ether oxygens (including phenoxy) is 1. The smallest absolute Gasteiger partial charge is 0.343 e. The number of carbonyl (C=O) groups excluding carboxylic acids is 2. The number of hydrogen-bond donors (Lipinski definition) is 4. The van der Waals surface area contributed by atoms with E-state index in [1.54, 1.807) is 48.5 Å². The lowest BCUT2D eigenvalue weighted by molar-refractivity contribution is -0.144. The first-order valence-electron chi connectivity index (χ1n) is 12.2. The van der Waals surface area contributed by atoms with Gasteiger partial charge in [0.15, 0.2) is 5.96 Å². The zero-order valence-corrected chi connectivity index (χ0v) is 23.5. The van der Waals surface area contributed by atoms with Crippen molar-refractivity contribution in [3.8, 4) is 17.1 Å². The Kier molecular flexibility index (Phi) is 10.9. The molecule has 1 aromatic heterocycles. The average molecular weight is 613 g/mol. The molecule has 0 unspecified atom stereocenters. The highest BCUT2D eigenvalue weighted by Gasteiger charge is 2.19. The number of benzene rings is 3. The van der Waals surface area contributed by atoms with E-state index in [-0.39, 0.29) is 55.0 Å². The topological polar surface area (TPSA) is 203 Å². The molecule has 0 bridgehead atoms. The quantitative estimate of drug-likeness (QED) is 0.0842. The monoisotopic (exact) mass is 612 g/mol. The van der Waals surface area contributed by atoms with Gasteiger partial charge in [0.1, 0.15) is 12.3 Å². The molecule has 0 fully saturated rings. The van der Waals surface area contributed by atoms with Crippen LogP contribution >= 0.6 is 24.0 Å². The van der Waals surface area contributed by atoms with Gasteiger partial charge in [-0.3, -0.25) is 9.59 Å². The van der Waals surface area contributed by atoms with E-state index in [1.807, 2.05) is 0 Å². The highest BCUT2D eigenvalue weighted by molar-refractivity contribution is 6.31. The van der Waals surface area contributed by atoms with Crippen LogP contribution in [0, 0.1) is 0 Å². The first-order valence-corrected chi connectivity index (χ1v) is 12.6. The van der Waals surface area contributed by atoms with E-state index in [0.29, 0.717) is 33.2 Å². The number of aromatic nitrogens is 4. The number of tetrazole rings is 1. The summed E-state index contributed by atoms with van der Waals surface area (Å²) in [6.45, 7) is -0.396. The number of aromatic amines is 1. The number of H-pyrrole nitrogens is 1. The van der Waals surface area contributed by atoms with Gasteiger partial charge in [-0.1, -0.05) is 35.9 Å². The second-order valence-corrected chi connectivity index (χ2v) is 9.21. The van der Waals surface area contributed by atoms with Crippen molar-refractivity contribution in [1.82, 2.24) is 25.5 Å². The largest absolute Gasteiger partial charge is 0.480 e. The molecular formula is C27H26Cl2N8O5. The lowest BCUT2D eigenvalue weighted by Gasteiger charge is -2.21.